The fourth-order valence-corrected chi connectivity index (χ4v) is 2.18. The Hall–Kier alpha value is -1.94. The molecule has 3 aromatic rings. The van der Waals surface area contributed by atoms with Crippen molar-refractivity contribution in [3.8, 4) is 5.82 Å². The molecule has 0 aromatic carbocycles. The number of imidazole rings is 1. The Morgan fingerprint density at radius 2 is 2.00 bits per heavy atom. The van der Waals surface area contributed by atoms with Crippen LogP contribution >= 0.6 is 11.6 Å². The molecule has 3 heterocycles. The lowest BCUT2D eigenvalue weighted by atomic mass is 10.2. The van der Waals surface area contributed by atoms with Crippen molar-refractivity contribution in [3.63, 3.8) is 0 Å². The van der Waals surface area contributed by atoms with Crippen LogP contribution in [0.25, 0.3) is 16.9 Å². The van der Waals surface area contributed by atoms with Crippen LogP contribution in [0.5, 0.6) is 0 Å². The second-order valence-electron chi connectivity index (χ2n) is 4.66. The van der Waals surface area contributed by atoms with Crippen LogP contribution in [0.2, 0.25) is 5.02 Å². The molecule has 0 fully saturated rings. The molecule has 0 unspecified atom stereocenters. The van der Waals surface area contributed by atoms with Crippen molar-refractivity contribution >= 4 is 22.6 Å². The molecule has 0 bridgehead atoms. The summed E-state index contributed by atoms with van der Waals surface area (Å²) in [5.41, 5.74) is 1.89. The predicted octanol–water partition coefficient (Wildman–Crippen LogP) is 3.59. The molecule has 0 aliphatic heterocycles. The largest absolute Gasteiger partial charge is 0.279 e. The first kappa shape index (κ1) is 12.1. The highest BCUT2D eigenvalue weighted by Gasteiger charge is 2.15. The zero-order valence-electron chi connectivity index (χ0n) is 10.7. The van der Waals surface area contributed by atoms with E-state index in [1.807, 2.05) is 29.0 Å². The second-order valence-corrected chi connectivity index (χ2v) is 5.10. The summed E-state index contributed by atoms with van der Waals surface area (Å²) in [6, 6.07) is 5.63. The van der Waals surface area contributed by atoms with Gasteiger partial charge in [0.1, 0.15) is 11.6 Å². The monoisotopic (exact) mass is 272 g/mol. The molecule has 0 saturated carbocycles. The summed E-state index contributed by atoms with van der Waals surface area (Å²) in [6.07, 6.45) is 5.20. The van der Waals surface area contributed by atoms with E-state index in [0.717, 1.165) is 22.7 Å². The lowest BCUT2D eigenvalue weighted by molar-refractivity contribution is 0.752. The summed E-state index contributed by atoms with van der Waals surface area (Å²) in [6.45, 7) is 4.22. The number of hydrogen-bond acceptors (Lipinski definition) is 3. The van der Waals surface area contributed by atoms with Crippen LogP contribution < -0.4 is 0 Å². The summed E-state index contributed by atoms with van der Waals surface area (Å²) in [5.74, 6) is 2.08. The minimum absolute atomic E-state index is 0.296. The molecule has 0 aliphatic rings. The SMILES string of the molecule is CC(C)c1nc2ccncc2n1-c1ccc(Cl)cn1. The number of hydrogen-bond donors (Lipinski definition) is 0. The van der Waals surface area contributed by atoms with Crippen molar-refractivity contribution < 1.29 is 0 Å². The molecular weight excluding hydrogens is 260 g/mol. The zero-order valence-corrected chi connectivity index (χ0v) is 11.5. The van der Waals surface area contributed by atoms with Crippen molar-refractivity contribution in [2.75, 3.05) is 0 Å². The molecular formula is C14H13ClN4. The quantitative estimate of drug-likeness (QED) is 0.716. The molecule has 5 heteroatoms. The standard InChI is InChI=1S/C14H13ClN4/c1-9(2)14-18-11-5-6-16-8-12(11)19(14)13-4-3-10(15)7-17-13/h3-9H,1-2H3. The third-order valence-corrected chi connectivity index (χ3v) is 3.16. The topological polar surface area (TPSA) is 43.6 Å². The first-order valence-electron chi connectivity index (χ1n) is 6.11. The van der Waals surface area contributed by atoms with Crippen molar-refractivity contribution in [2.24, 2.45) is 0 Å². The molecule has 96 valence electrons. The lowest BCUT2D eigenvalue weighted by Gasteiger charge is -2.10. The Morgan fingerprint density at radius 3 is 2.68 bits per heavy atom. The molecule has 0 amide bonds. The van der Waals surface area contributed by atoms with Crippen LogP contribution in [-0.4, -0.2) is 19.5 Å². The maximum atomic E-state index is 5.89. The molecule has 0 atom stereocenters. The fraction of sp³-hybridized carbons (Fsp3) is 0.214. The first-order chi connectivity index (χ1) is 9.16. The molecule has 0 N–H and O–H groups in total. The van der Waals surface area contributed by atoms with Gasteiger partial charge in [0, 0.05) is 18.3 Å². The Balaban J connectivity index is 2.31. The molecule has 19 heavy (non-hydrogen) atoms. The van der Waals surface area contributed by atoms with Gasteiger partial charge in [-0.1, -0.05) is 25.4 Å². The van der Waals surface area contributed by atoms with Gasteiger partial charge in [0.15, 0.2) is 0 Å². The van der Waals surface area contributed by atoms with E-state index in [2.05, 4.69) is 28.8 Å². The van der Waals surface area contributed by atoms with E-state index in [4.69, 9.17) is 11.6 Å². The number of fused-ring (bicyclic) bond motifs is 1. The molecule has 0 aliphatic carbocycles. The van der Waals surface area contributed by atoms with E-state index in [1.54, 1.807) is 12.4 Å². The van der Waals surface area contributed by atoms with E-state index >= 15 is 0 Å². The van der Waals surface area contributed by atoms with E-state index in [9.17, 15) is 0 Å². The third-order valence-electron chi connectivity index (χ3n) is 2.94. The predicted molar refractivity (Wildman–Crippen MR) is 75.8 cm³/mol. The number of nitrogens with zero attached hydrogens (tertiary/aromatic N) is 4. The highest BCUT2D eigenvalue weighted by atomic mass is 35.5. The summed E-state index contributed by atoms with van der Waals surface area (Å²) in [4.78, 5) is 13.2. The smallest absolute Gasteiger partial charge is 0.138 e. The first-order valence-corrected chi connectivity index (χ1v) is 6.49. The molecule has 4 nitrogen and oxygen atoms in total. The van der Waals surface area contributed by atoms with E-state index in [-0.39, 0.29) is 0 Å². The van der Waals surface area contributed by atoms with Gasteiger partial charge in [0.25, 0.3) is 0 Å². The highest BCUT2D eigenvalue weighted by molar-refractivity contribution is 6.30. The van der Waals surface area contributed by atoms with Gasteiger partial charge in [-0.25, -0.2) is 9.97 Å². The molecule has 0 radical (unpaired) electrons. The number of pyridine rings is 2. The van der Waals surface area contributed by atoms with Gasteiger partial charge in [-0.05, 0) is 18.2 Å². The molecule has 0 spiro atoms. The number of rotatable bonds is 2. The summed E-state index contributed by atoms with van der Waals surface area (Å²) >= 11 is 5.89. The third kappa shape index (κ3) is 2.08. The number of aromatic nitrogens is 4. The van der Waals surface area contributed by atoms with Gasteiger partial charge in [-0.3, -0.25) is 9.55 Å². The maximum Gasteiger partial charge on any atom is 0.138 e. The average Bonchev–Trinajstić information content (AvgIpc) is 2.79. The average molecular weight is 273 g/mol. The molecule has 0 saturated heterocycles. The lowest BCUT2D eigenvalue weighted by Crippen LogP contribution is -2.04. The second kappa shape index (κ2) is 4.63. The Labute approximate surface area is 116 Å². The summed E-state index contributed by atoms with van der Waals surface area (Å²) < 4.78 is 2.03. The molecule has 3 aromatic heterocycles. The van der Waals surface area contributed by atoms with Gasteiger partial charge in [0.05, 0.1) is 22.3 Å². The minimum Gasteiger partial charge on any atom is -0.279 e. The van der Waals surface area contributed by atoms with Crippen LogP contribution in [0.4, 0.5) is 0 Å². The number of halogens is 1. The maximum absolute atomic E-state index is 5.89. The van der Waals surface area contributed by atoms with E-state index < -0.39 is 0 Å². The van der Waals surface area contributed by atoms with E-state index in [1.165, 1.54) is 0 Å². The van der Waals surface area contributed by atoms with Gasteiger partial charge in [-0.15, -0.1) is 0 Å². The highest BCUT2D eigenvalue weighted by Crippen LogP contribution is 2.24. The summed E-state index contributed by atoms with van der Waals surface area (Å²) in [7, 11) is 0. The van der Waals surface area contributed by atoms with Crippen LogP contribution in [0.15, 0.2) is 36.8 Å². The van der Waals surface area contributed by atoms with Crippen LogP contribution in [-0.2, 0) is 0 Å². The Bertz CT molecular complexity index is 716. The minimum atomic E-state index is 0.296. The van der Waals surface area contributed by atoms with Crippen molar-refractivity contribution in [2.45, 2.75) is 19.8 Å². The van der Waals surface area contributed by atoms with Crippen LogP contribution in [0.3, 0.4) is 0 Å². The molecule has 3 rings (SSSR count). The van der Waals surface area contributed by atoms with Gasteiger partial charge in [-0.2, -0.15) is 0 Å². The van der Waals surface area contributed by atoms with Gasteiger partial charge in [0.2, 0.25) is 0 Å². The van der Waals surface area contributed by atoms with Gasteiger partial charge < -0.3 is 0 Å². The van der Waals surface area contributed by atoms with Crippen molar-refractivity contribution in [3.05, 3.63) is 47.6 Å². The van der Waals surface area contributed by atoms with E-state index in [0.29, 0.717) is 10.9 Å². The normalized spacial score (nSPS) is 11.4. The van der Waals surface area contributed by atoms with Crippen LogP contribution in [0, 0.1) is 0 Å². The summed E-state index contributed by atoms with van der Waals surface area (Å²) in [5, 5.41) is 0.623. The fourth-order valence-electron chi connectivity index (χ4n) is 2.07. The van der Waals surface area contributed by atoms with Gasteiger partial charge >= 0.3 is 0 Å². The Morgan fingerprint density at radius 1 is 1.16 bits per heavy atom. The Kier molecular flexibility index (Phi) is 2.95. The van der Waals surface area contributed by atoms with Crippen molar-refractivity contribution in [1.29, 1.82) is 0 Å². The van der Waals surface area contributed by atoms with Crippen molar-refractivity contribution in [1.82, 2.24) is 19.5 Å². The zero-order chi connectivity index (χ0) is 13.4. The van der Waals surface area contributed by atoms with Crippen LogP contribution in [0.1, 0.15) is 25.6 Å².